The Balaban J connectivity index is 1.57. The largest absolute Gasteiger partial charge is 0.344 e. The van der Waals surface area contributed by atoms with Gasteiger partial charge in [0.05, 0.1) is 18.0 Å². The van der Waals surface area contributed by atoms with Crippen molar-refractivity contribution in [3.63, 3.8) is 0 Å². The number of hydrogen-bond acceptors (Lipinski definition) is 8. The van der Waals surface area contributed by atoms with Gasteiger partial charge in [0.15, 0.2) is 17.3 Å². The summed E-state index contributed by atoms with van der Waals surface area (Å²) in [6, 6.07) is 15.3. The summed E-state index contributed by atoms with van der Waals surface area (Å²) in [7, 11) is 1.53. The molecule has 0 radical (unpaired) electrons. The second-order valence-corrected chi connectivity index (χ2v) is 12.7. The number of nitrogens with zero attached hydrogens (tertiary/aromatic N) is 6. The third-order valence-corrected chi connectivity index (χ3v) is 8.74. The standard InChI is InChI=1S/C33H40N8O4S/c1-21(2)27-30-36-29(22-11-6-5-7-12-22)38-41(30)19-18-40(17-10-15-26(42)34-25(16-20-46-4)31(43)35-27)33(45)28-23-13-8-9-14-24(23)32(44)39(3)37-28/h5-9,11-14,21,25,27H,10,15-20H2,1-4H3,(H,34,42)(H,35,43)/t25-,27+/m0/s1. The van der Waals surface area contributed by atoms with Gasteiger partial charge >= 0.3 is 0 Å². The maximum absolute atomic E-state index is 14.2. The third kappa shape index (κ3) is 7.30. The lowest BCUT2D eigenvalue weighted by Crippen LogP contribution is -2.49. The molecular formula is C33H40N8O4S. The van der Waals surface area contributed by atoms with Gasteiger partial charge in [0.1, 0.15) is 6.04 Å². The molecule has 46 heavy (non-hydrogen) atoms. The van der Waals surface area contributed by atoms with Gasteiger partial charge in [0, 0.05) is 37.5 Å². The summed E-state index contributed by atoms with van der Waals surface area (Å²) >= 11 is 1.60. The van der Waals surface area contributed by atoms with E-state index in [2.05, 4.69) is 15.7 Å². The van der Waals surface area contributed by atoms with E-state index in [0.29, 0.717) is 41.0 Å². The minimum absolute atomic E-state index is 0.0563. The summed E-state index contributed by atoms with van der Waals surface area (Å²) in [6.07, 6.45) is 2.93. The number of aromatic nitrogens is 5. The van der Waals surface area contributed by atoms with Crippen molar-refractivity contribution >= 4 is 40.3 Å². The lowest BCUT2D eigenvalue weighted by molar-refractivity contribution is -0.129. The molecule has 0 spiro atoms. The van der Waals surface area contributed by atoms with E-state index in [4.69, 9.17) is 10.1 Å². The second-order valence-electron chi connectivity index (χ2n) is 11.7. The predicted molar refractivity (Wildman–Crippen MR) is 178 cm³/mol. The molecule has 0 bridgehead atoms. The first-order chi connectivity index (χ1) is 22.2. The smallest absolute Gasteiger partial charge is 0.275 e. The van der Waals surface area contributed by atoms with Crippen molar-refractivity contribution < 1.29 is 14.4 Å². The highest BCUT2D eigenvalue weighted by Gasteiger charge is 2.31. The molecule has 13 heteroatoms. The molecule has 5 rings (SSSR count). The number of amides is 3. The molecule has 12 nitrogen and oxygen atoms in total. The van der Waals surface area contributed by atoms with Crippen LogP contribution in [0.2, 0.25) is 0 Å². The van der Waals surface area contributed by atoms with Gasteiger partial charge in [-0.3, -0.25) is 19.2 Å². The van der Waals surface area contributed by atoms with Crippen LogP contribution in [0.15, 0.2) is 59.4 Å². The van der Waals surface area contributed by atoms with Gasteiger partial charge in [-0.05, 0) is 36.8 Å². The van der Waals surface area contributed by atoms with E-state index in [-0.39, 0.29) is 60.9 Å². The molecule has 0 saturated heterocycles. The number of carbonyl (C=O) groups is 3. The normalized spacial score (nSPS) is 18.2. The van der Waals surface area contributed by atoms with Crippen LogP contribution in [-0.4, -0.2) is 78.3 Å². The molecule has 2 aromatic heterocycles. The topological polar surface area (TPSA) is 144 Å². The van der Waals surface area contributed by atoms with Crippen LogP contribution in [0.4, 0.5) is 0 Å². The summed E-state index contributed by atoms with van der Waals surface area (Å²) in [5.74, 6) is 0.838. The quantitative estimate of drug-likeness (QED) is 0.326. The van der Waals surface area contributed by atoms with E-state index >= 15 is 0 Å². The molecule has 1 aliphatic heterocycles. The van der Waals surface area contributed by atoms with Crippen molar-refractivity contribution in [1.82, 2.24) is 40.1 Å². The minimum Gasteiger partial charge on any atom is -0.344 e. The van der Waals surface area contributed by atoms with Crippen LogP contribution in [-0.2, 0) is 23.2 Å². The van der Waals surface area contributed by atoms with Gasteiger partial charge in [0.2, 0.25) is 11.8 Å². The SMILES string of the molecule is CSCC[C@@H]1NC(=O)CCCN(C(=O)c2nn(C)c(=O)c3ccccc23)CCn2nc(-c3ccccc3)nc2[C@@H](C(C)C)NC1=O. The highest BCUT2D eigenvalue weighted by molar-refractivity contribution is 7.98. The maximum Gasteiger partial charge on any atom is 0.275 e. The van der Waals surface area contributed by atoms with Crippen molar-refractivity contribution in [3.8, 4) is 11.4 Å². The van der Waals surface area contributed by atoms with Crippen LogP contribution in [0.3, 0.4) is 0 Å². The van der Waals surface area contributed by atoms with E-state index in [1.165, 1.54) is 11.7 Å². The highest BCUT2D eigenvalue weighted by Crippen LogP contribution is 2.25. The number of thioether (sulfide) groups is 1. The molecule has 3 amide bonds. The summed E-state index contributed by atoms with van der Waals surface area (Å²) < 4.78 is 2.95. The number of fused-ring (bicyclic) bond motifs is 2. The third-order valence-electron chi connectivity index (χ3n) is 8.10. The lowest BCUT2D eigenvalue weighted by Gasteiger charge is -2.28. The van der Waals surface area contributed by atoms with Crippen LogP contribution < -0.4 is 16.2 Å². The Morgan fingerprint density at radius 3 is 2.39 bits per heavy atom. The van der Waals surface area contributed by atoms with E-state index in [1.54, 1.807) is 45.6 Å². The molecule has 1 aliphatic rings. The van der Waals surface area contributed by atoms with E-state index < -0.39 is 12.1 Å². The van der Waals surface area contributed by atoms with Crippen LogP contribution in [0.1, 0.15) is 55.5 Å². The summed E-state index contributed by atoms with van der Waals surface area (Å²) in [5.41, 5.74) is 0.702. The zero-order chi connectivity index (χ0) is 32.8. The van der Waals surface area contributed by atoms with Crippen LogP contribution >= 0.6 is 11.8 Å². The van der Waals surface area contributed by atoms with Crippen molar-refractivity contribution in [2.75, 3.05) is 25.1 Å². The molecule has 3 heterocycles. The summed E-state index contributed by atoms with van der Waals surface area (Å²) in [4.78, 5) is 60.2. The summed E-state index contributed by atoms with van der Waals surface area (Å²) in [5, 5.41) is 16.2. The van der Waals surface area contributed by atoms with E-state index in [9.17, 15) is 19.2 Å². The van der Waals surface area contributed by atoms with Gasteiger partial charge in [-0.2, -0.15) is 22.0 Å². The number of aryl methyl sites for hydroxylation is 1. The first-order valence-electron chi connectivity index (χ1n) is 15.5. The Bertz CT molecular complexity index is 1770. The average molecular weight is 645 g/mol. The Kier molecular flexibility index (Phi) is 10.5. The summed E-state index contributed by atoms with van der Waals surface area (Å²) in [6.45, 7) is 4.77. The molecule has 2 N–H and O–H groups in total. The lowest BCUT2D eigenvalue weighted by atomic mass is 10.0. The number of nitrogens with one attached hydrogen (secondary N) is 2. The zero-order valence-corrected chi connectivity index (χ0v) is 27.4. The van der Waals surface area contributed by atoms with Gasteiger partial charge in [-0.25, -0.2) is 14.3 Å². The minimum atomic E-state index is -0.715. The fourth-order valence-corrected chi connectivity index (χ4v) is 6.05. The molecule has 242 valence electrons. The van der Waals surface area contributed by atoms with E-state index in [1.807, 2.05) is 50.4 Å². The highest BCUT2D eigenvalue weighted by atomic mass is 32.2. The van der Waals surface area contributed by atoms with Crippen LogP contribution in [0.25, 0.3) is 22.2 Å². The predicted octanol–water partition coefficient (Wildman–Crippen LogP) is 3.18. The fourth-order valence-electron chi connectivity index (χ4n) is 5.58. The van der Waals surface area contributed by atoms with Gasteiger partial charge < -0.3 is 15.5 Å². The number of rotatable bonds is 6. The van der Waals surface area contributed by atoms with Crippen molar-refractivity contribution in [2.24, 2.45) is 13.0 Å². The molecule has 4 aromatic rings. The van der Waals surface area contributed by atoms with Crippen LogP contribution in [0, 0.1) is 5.92 Å². The molecule has 0 unspecified atom stereocenters. The number of carbonyl (C=O) groups excluding carboxylic acids is 3. The monoisotopic (exact) mass is 644 g/mol. The van der Waals surface area contributed by atoms with Crippen molar-refractivity contribution in [3.05, 3.63) is 76.5 Å². The molecule has 0 aliphatic carbocycles. The average Bonchev–Trinajstić information content (AvgIpc) is 3.48. The fraction of sp³-hybridized carbons (Fsp3) is 0.424. The molecule has 0 fully saturated rings. The van der Waals surface area contributed by atoms with E-state index in [0.717, 1.165) is 5.56 Å². The van der Waals surface area contributed by atoms with Gasteiger partial charge in [-0.1, -0.05) is 62.4 Å². The second kappa shape index (κ2) is 14.7. The molecular weight excluding hydrogens is 604 g/mol. The maximum atomic E-state index is 14.2. The first kappa shape index (κ1) is 32.9. The van der Waals surface area contributed by atoms with Crippen molar-refractivity contribution in [2.45, 2.75) is 51.7 Å². The number of hydrogen-bond donors (Lipinski definition) is 2. The Morgan fingerprint density at radius 1 is 0.957 bits per heavy atom. The first-order valence-corrected chi connectivity index (χ1v) is 16.9. The zero-order valence-electron chi connectivity index (χ0n) is 26.6. The van der Waals surface area contributed by atoms with Crippen molar-refractivity contribution in [1.29, 1.82) is 0 Å². The molecule has 2 atom stereocenters. The number of benzene rings is 2. The Morgan fingerprint density at radius 2 is 1.67 bits per heavy atom. The Hall–Kier alpha value is -4.52. The molecule has 2 aromatic carbocycles. The van der Waals surface area contributed by atoms with Crippen LogP contribution in [0.5, 0.6) is 0 Å². The van der Waals surface area contributed by atoms with Gasteiger partial charge in [-0.15, -0.1) is 0 Å². The molecule has 0 saturated carbocycles. The Labute approximate surface area is 271 Å². The van der Waals surface area contributed by atoms with Gasteiger partial charge in [0.25, 0.3) is 11.5 Å².